The van der Waals surface area contributed by atoms with Crippen LogP contribution in [0.4, 0.5) is 0 Å². The van der Waals surface area contributed by atoms with Crippen LogP contribution in [-0.2, 0) is 35.0 Å². The molecule has 0 fully saturated rings. The summed E-state index contributed by atoms with van der Waals surface area (Å²) in [5, 5.41) is 0.343. The Balaban J connectivity index is 0.000000490. The van der Waals surface area contributed by atoms with Crippen molar-refractivity contribution in [2.75, 3.05) is 0 Å². The minimum atomic E-state index is 0. The van der Waals surface area contributed by atoms with Gasteiger partial charge in [-0.3, -0.25) is 0 Å². The number of hydrogen-bond donors (Lipinski definition) is 0. The van der Waals surface area contributed by atoms with Crippen LogP contribution in [0.3, 0.4) is 0 Å². The molecule has 1 rings (SSSR count). The Bertz CT molecular complexity index is 144. The van der Waals surface area contributed by atoms with Gasteiger partial charge in [0, 0.05) is 5.16 Å². The zero-order chi connectivity index (χ0) is 5.11. The number of hydrogen-bond acceptors (Lipinski definition) is 4. The van der Waals surface area contributed by atoms with Gasteiger partial charge in [0.2, 0.25) is 0 Å². The molecule has 0 amide bonds. The van der Waals surface area contributed by atoms with Crippen LogP contribution in [0.25, 0.3) is 0 Å². The second-order valence-electron chi connectivity index (χ2n) is 0.921. The van der Waals surface area contributed by atoms with Crippen LogP contribution < -0.4 is 0 Å². The normalized spacial score (nSPS) is 7.50. The molecule has 0 aliphatic carbocycles. The Kier molecular flexibility index (Phi) is 3.90. The number of aromatic nitrogens is 3. The van der Waals surface area contributed by atoms with Crippen molar-refractivity contribution >= 4 is 12.6 Å². The number of rotatable bonds is 0. The Morgan fingerprint density at radius 1 is 1.25 bits per heavy atom. The van der Waals surface area contributed by atoms with Gasteiger partial charge in [-0.05, 0) is 0 Å². The first kappa shape index (κ1) is 7.97. The molecular weight excluding hydrogens is 218 g/mol. The summed E-state index contributed by atoms with van der Waals surface area (Å²) in [4.78, 5) is 10.7. The minimum absolute atomic E-state index is 0. The van der Waals surface area contributed by atoms with Crippen molar-refractivity contribution < 1.29 is 22.4 Å². The Morgan fingerprint density at radius 2 is 1.75 bits per heavy atom. The molecule has 0 aromatic carbocycles. The molecular formula is C3H2AgN3S. The van der Waals surface area contributed by atoms with Crippen molar-refractivity contribution in [1.29, 1.82) is 0 Å². The van der Waals surface area contributed by atoms with Gasteiger partial charge in [0.25, 0.3) is 0 Å². The topological polar surface area (TPSA) is 38.7 Å². The third-order valence-electron chi connectivity index (χ3n) is 0.470. The molecule has 0 radical (unpaired) electrons. The zero-order valence-electron chi connectivity index (χ0n) is 3.71. The quantitative estimate of drug-likeness (QED) is 0.447. The van der Waals surface area contributed by atoms with Crippen LogP contribution in [0.15, 0.2) is 17.8 Å². The average Bonchev–Trinajstić information content (AvgIpc) is 1.69. The standard InChI is InChI=1S/C3H3N3S.Ag/c7-3-5-1-4-2-6-3;/h1-2H,(H,4,5,6,7);/q;+1/p-1. The van der Waals surface area contributed by atoms with Gasteiger partial charge in [-0.2, -0.15) is 0 Å². The largest absolute Gasteiger partial charge is 1.00 e. The second kappa shape index (κ2) is 3.91. The van der Waals surface area contributed by atoms with E-state index in [0.717, 1.165) is 0 Å². The molecule has 46 valence electrons. The summed E-state index contributed by atoms with van der Waals surface area (Å²) in [6, 6.07) is 0. The van der Waals surface area contributed by atoms with Crippen LogP contribution in [0.1, 0.15) is 0 Å². The summed E-state index contributed by atoms with van der Waals surface area (Å²) in [5.74, 6) is 0. The maximum absolute atomic E-state index is 4.55. The first-order chi connectivity index (χ1) is 3.39. The monoisotopic (exact) mass is 219 g/mol. The van der Waals surface area contributed by atoms with E-state index in [2.05, 4.69) is 27.6 Å². The summed E-state index contributed by atoms with van der Waals surface area (Å²) in [6.45, 7) is 0. The van der Waals surface area contributed by atoms with Gasteiger partial charge in [0.15, 0.2) is 0 Å². The van der Waals surface area contributed by atoms with Gasteiger partial charge < -0.3 is 12.6 Å². The first-order valence-electron chi connectivity index (χ1n) is 1.68. The van der Waals surface area contributed by atoms with E-state index >= 15 is 0 Å². The molecule has 0 aliphatic heterocycles. The van der Waals surface area contributed by atoms with Gasteiger partial charge in [-0.1, -0.05) is 0 Å². The van der Waals surface area contributed by atoms with E-state index in [1.807, 2.05) is 0 Å². The summed E-state index contributed by atoms with van der Waals surface area (Å²) in [6.07, 6.45) is 2.74. The third-order valence-corrected chi connectivity index (χ3v) is 0.681. The van der Waals surface area contributed by atoms with Gasteiger partial charge in [0.1, 0.15) is 12.7 Å². The van der Waals surface area contributed by atoms with Crippen LogP contribution in [0, 0.1) is 0 Å². The molecule has 0 N–H and O–H groups in total. The maximum atomic E-state index is 4.55. The molecule has 0 aliphatic rings. The molecule has 0 atom stereocenters. The molecule has 0 saturated carbocycles. The smallest absolute Gasteiger partial charge is 0.740 e. The van der Waals surface area contributed by atoms with Gasteiger partial charge in [0.05, 0.1) is 0 Å². The molecule has 8 heavy (non-hydrogen) atoms. The second-order valence-corrected chi connectivity index (χ2v) is 1.29. The molecule has 1 heterocycles. The van der Waals surface area contributed by atoms with E-state index in [9.17, 15) is 0 Å². The van der Waals surface area contributed by atoms with E-state index in [4.69, 9.17) is 0 Å². The summed E-state index contributed by atoms with van der Waals surface area (Å²) >= 11 is 4.55. The van der Waals surface area contributed by atoms with Crippen molar-refractivity contribution in [1.82, 2.24) is 15.0 Å². The average molecular weight is 220 g/mol. The molecule has 1 aromatic rings. The fourth-order valence-electron chi connectivity index (χ4n) is 0.229. The van der Waals surface area contributed by atoms with Gasteiger partial charge >= 0.3 is 22.4 Å². The number of nitrogens with zero attached hydrogens (tertiary/aromatic N) is 3. The van der Waals surface area contributed by atoms with E-state index in [1.165, 1.54) is 12.7 Å². The van der Waals surface area contributed by atoms with Gasteiger partial charge in [-0.15, -0.1) is 0 Å². The minimum Gasteiger partial charge on any atom is -0.740 e. The van der Waals surface area contributed by atoms with Crippen LogP contribution in [0.5, 0.6) is 0 Å². The van der Waals surface area contributed by atoms with Crippen molar-refractivity contribution in [3.8, 4) is 0 Å². The fourth-order valence-corrected chi connectivity index (χ4v) is 0.323. The Morgan fingerprint density at radius 3 is 2.00 bits per heavy atom. The zero-order valence-corrected chi connectivity index (χ0v) is 6.00. The van der Waals surface area contributed by atoms with E-state index in [1.54, 1.807) is 0 Å². The summed E-state index contributed by atoms with van der Waals surface area (Å²) < 4.78 is 0. The third kappa shape index (κ3) is 2.32. The maximum Gasteiger partial charge on any atom is 1.00 e. The first-order valence-corrected chi connectivity index (χ1v) is 2.09. The van der Waals surface area contributed by atoms with Crippen molar-refractivity contribution in [2.45, 2.75) is 5.16 Å². The fraction of sp³-hybridized carbons (Fsp3) is 0. The van der Waals surface area contributed by atoms with E-state index in [-0.39, 0.29) is 22.4 Å². The molecule has 0 saturated heterocycles. The molecule has 3 nitrogen and oxygen atoms in total. The molecule has 1 aromatic heterocycles. The molecule has 0 bridgehead atoms. The van der Waals surface area contributed by atoms with Crippen LogP contribution in [0.2, 0.25) is 0 Å². The van der Waals surface area contributed by atoms with E-state index < -0.39 is 0 Å². The summed E-state index contributed by atoms with van der Waals surface area (Å²) in [7, 11) is 0. The van der Waals surface area contributed by atoms with Crippen molar-refractivity contribution in [3.63, 3.8) is 0 Å². The predicted octanol–water partition coefficient (Wildman–Crippen LogP) is -0.225. The predicted molar refractivity (Wildman–Crippen MR) is 25.5 cm³/mol. The van der Waals surface area contributed by atoms with E-state index in [0.29, 0.717) is 5.16 Å². The Labute approximate surface area is 67.9 Å². The Hall–Kier alpha value is -0.0297. The molecule has 0 unspecified atom stereocenters. The van der Waals surface area contributed by atoms with Crippen LogP contribution in [-0.4, -0.2) is 15.0 Å². The van der Waals surface area contributed by atoms with Crippen molar-refractivity contribution in [2.24, 2.45) is 0 Å². The SMILES string of the molecule is [Ag+].[S-]c1ncncn1. The van der Waals surface area contributed by atoms with Gasteiger partial charge in [-0.25, -0.2) is 15.0 Å². The summed E-state index contributed by atoms with van der Waals surface area (Å²) in [5.41, 5.74) is 0. The molecule has 0 spiro atoms. The van der Waals surface area contributed by atoms with Crippen molar-refractivity contribution in [3.05, 3.63) is 12.7 Å². The van der Waals surface area contributed by atoms with Crippen LogP contribution >= 0.6 is 0 Å². The molecule has 5 heteroatoms.